The van der Waals surface area contributed by atoms with E-state index < -0.39 is 5.97 Å². The van der Waals surface area contributed by atoms with Gasteiger partial charge in [-0.2, -0.15) is 0 Å². The number of nitrogens with zero attached hydrogens (tertiary/aromatic N) is 2. The molecule has 3 N–H and O–H groups in total. The van der Waals surface area contributed by atoms with E-state index in [9.17, 15) is 19.5 Å². The smallest absolute Gasteiger partial charge is 0.339 e. The van der Waals surface area contributed by atoms with Gasteiger partial charge in [0.15, 0.2) is 0 Å². The molecule has 1 aliphatic heterocycles. The summed E-state index contributed by atoms with van der Waals surface area (Å²) < 4.78 is 5.82. The number of para-hydroxylation sites is 1. The van der Waals surface area contributed by atoms with Crippen molar-refractivity contribution in [1.29, 1.82) is 0 Å². The Kier molecular flexibility index (Phi) is 11.6. The summed E-state index contributed by atoms with van der Waals surface area (Å²) in [5.74, 6) is -1.27. The third kappa shape index (κ3) is 7.95. The molecule has 0 spiro atoms. The highest BCUT2D eigenvalue weighted by Gasteiger charge is 2.26. The summed E-state index contributed by atoms with van der Waals surface area (Å²) in [4.78, 5) is 39.4. The van der Waals surface area contributed by atoms with Crippen LogP contribution in [0, 0.1) is 6.92 Å². The highest BCUT2D eigenvalue weighted by Crippen LogP contribution is 2.36. The molecule has 1 heterocycles. The predicted molar refractivity (Wildman–Crippen MR) is 171 cm³/mol. The molecular formula is C31H36BrClN4O5. The van der Waals surface area contributed by atoms with Crippen LogP contribution in [0.1, 0.15) is 53.2 Å². The summed E-state index contributed by atoms with van der Waals surface area (Å²) in [5.41, 5.74) is 8.27. The van der Waals surface area contributed by atoms with Crippen LogP contribution in [0.4, 0.5) is 17.1 Å². The highest BCUT2D eigenvalue weighted by atomic mass is 79.9. The number of benzene rings is 3. The van der Waals surface area contributed by atoms with Crippen molar-refractivity contribution in [1.82, 2.24) is 5.32 Å². The fourth-order valence-electron chi connectivity index (χ4n) is 4.93. The number of anilines is 3. The molecule has 0 aliphatic carbocycles. The number of carbonyl (C=O) groups is 3. The van der Waals surface area contributed by atoms with Crippen molar-refractivity contribution in [2.45, 2.75) is 46.1 Å². The predicted octanol–water partition coefficient (Wildman–Crippen LogP) is 6.12. The Balaban J connectivity index is 0.00000484. The molecule has 0 aromatic heterocycles. The maximum Gasteiger partial charge on any atom is 0.339 e. The minimum absolute atomic E-state index is 0. The summed E-state index contributed by atoms with van der Waals surface area (Å²) >= 11 is 3.46. The van der Waals surface area contributed by atoms with Gasteiger partial charge in [0.05, 0.1) is 30.6 Å². The molecular weight excluding hydrogens is 624 g/mol. The van der Waals surface area contributed by atoms with Gasteiger partial charge < -0.3 is 20.1 Å². The lowest BCUT2D eigenvalue weighted by molar-refractivity contribution is -0.119. The topological polar surface area (TPSA) is 111 Å². The van der Waals surface area contributed by atoms with E-state index in [2.05, 4.69) is 31.6 Å². The van der Waals surface area contributed by atoms with Crippen LogP contribution in [-0.4, -0.2) is 43.1 Å². The molecule has 1 aliphatic rings. The third-order valence-corrected chi connectivity index (χ3v) is 7.80. The number of hydrogen-bond donors (Lipinski definition) is 3. The maximum absolute atomic E-state index is 14.1. The average molecular weight is 660 g/mol. The highest BCUT2D eigenvalue weighted by molar-refractivity contribution is 9.10. The van der Waals surface area contributed by atoms with Crippen LogP contribution in [0.3, 0.4) is 0 Å². The Bertz CT molecular complexity index is 1430. The van der Waals surface area contributed by atoms with Gasteiger partial charge in [-0.05, 0) is 73.2 Å². The van der Waals surface area contributed by atoms with E-state index >= 15 is 0 Å². The second-order valence-corrected chi connectivity index (χ2v) is 10.9. The van der Waals surface area contributed by atoms with Crippen LogP contribution >= 0.6 is 28.3 Å². The summed E-state index contributed by atoms with van der Waals surface area (Å²) in [5, 5.41) is 13.9. The van der Waals surface area contributed by atoms with Gasteiger partial charge in [-0.15, -0.1) is 12.4 Å². The monoisotopic (exact) mass is 658 g/mol. The zero-order valence-corrected chi connectivity index (χ0v) is 26.3. The van der Waals surface area contributed by atoms with E-state index in [1.807, 2.05) is 49.4 Å². The van der Waals surface area contributed by atoms with Crippen LogP contribution in [0.5, 0.6) is 5.75 Å². The van der Waals surface area contributed by atoms with E-state index in [4.69, 9.17) is 4.74 Å². The lowest BCUT2D eigenvalue weighted by Crippen LogP contribution is -2.40. The van der Waals surface area contributed by atoms with Crippen molar-refractivity contribution in [2.75, 3.05) is 35.5 Å². The fraction of sp³-hybridized carbons (Fsp3) is 0.323. The molecule has 0 unspecified atom stereocenters. The molecule has 11 heteroatoms. The number of rotatable bonds is 10. The van der Waals surface area contributed by atoms with Gasteiger partial charge in [0.25, 0.3) is 0 Å². The molecule has 0 atom stereocenters. The minimum Gasteiger partial charge on any atom is -0.496 e. The number of halogens is 2. The number of nitrogens with one attached hydrogen (secondary N) is 2. The maximum atomic E-state index is 14.1. The SMILES string of the molecule is COc1cc(CC(=O)N(Nc2ccc(CNC(C)=O)cc2)c2c(C)cccc2N2CCCCC2)c(Br)cc1C(=O)O.Cl. The quantitative estimate of drug-likeness (QED) is 0.225. The molecule has 42 heavy (non-hydrogen) atoms. The van der Waals surface area contributed by atoms with Crippen molar-refractivity contribution in [2.24, 2.45) is 0 Å². The number of piperidine rings is 1. The standard InChI is InChI=1S/C31H35BrN4O5.ClH/c1-20-8-7-9-27(35-14-5-4-6-15-35)30(20)36(34-24-12-10-22(11-13-24)19-33-21(2)37)29(38)17-23-16-28(41-3)25(31(39)40)18-26(23)32;/h7-13,16,18,34H,4-6,14-15,17,19H2,1-3H3,(H,33,37)(H,39,40);1H. The van der Waals surface area contributed by atoms with Crippen LogP contribution < -0.4 is 25.4 Å². The first kappa shape index (κ1) is 32.8. The van der Waals surface area contributed by atoms with E-state index in [0.717, 1.165) is 48.4 Å². The molecule has 2 amide bonds. The Morgan fingerprint density at radius 1 is 1.05 bits per heavy atom. The third-order valence-electron chi connectivity index (χ3n) is 7.06. The van der Waals surface area contributed by atoms with E-state index in [1.165, 1.54) is 26.5 Å². The first-order chi connectivity index (χ1) is 19.7. The molecule has 0 saturated carbocycles. The molecule has 224 valence electrons. The number of aryl methyl sites for hydroxylation is 1. The molecule has 3 aromatic carbocycles. The number of methoxy groups -OCH3 is 1. The molecule has 1 saturated heterocycles. The number of hydrazine groups is 1. The first-order valence-corrected chi connectivity index (χ1v) is 14.3. The Labute approximate surface area is 260 Å². The molecule has 4 rings (SSSR count). The summed E-state index contributed by atoms with van der Waals surface area (Å²) in [6.07, 6.45) is 3.35. The number of aromatic carboxylic acids is 1. The first-order valence-electron chi connectivity index (χ1n) is 13.5. The Morgan fingerprint density at radius 3 is 2.36 bits per heavy atom. The van der Waals surface area contributed by atoms with E-state index in [1.54, 1.807) is 11.1 Å². The normalized spacial score (nSPS) is 12.6. The van der Waals surface area contributed by atoms with Crippen molar-refractivity contribution in [3.8, 4) is 5.75 Å². The van der Waals surface area contributed by atoms with Crippen LogP contribution in [0.25, 0.3) is 0 Å². The van der Waals surface area contributed by atoms with Gasteiger partial charge in [0.2, 0.25) is 11.8 Å². The number of hydrogen-bond acceptors (Lipinski definition) is 6. The van der Waals surface area contributed by atoms with Gasteiger partial charge >= 0.3 is 5.97 Å². The zero-order chi connectivity index (χ0) is 29.5. The molecule has 0 bridgehead atoms. The van der Waals surface area contributed by atoms with Gasteiger partial charge in [0.1, 0.15) is 11.3 Å². The Hall–Kier alpha value is -3.76. The van der Waals surface area contributed by atoms with Crippen molar-refractivity contribution in [3.63, 3.8) is 0 Å². The summed E-state index contributed by atoms with van der Waals surface area (Å²) in [6.45, 7) is 5.70. The molecule has 0 radical (unpaired) electrons. The zero-order valence-electron chi connectivity index (χ0n) is 23.9. The largest absolute Gasteiger partial charge is 0.496 e. The number of carbonyl (C=O) groups excluding carboxylic acids is 2. The fourth-order valence-corrected chi connectivity index (χ4v) is 5.41. The summed E-state index contributed by atoms with van der Waals surface area (Å²) in [6, 6.07) is 16.6. The van der Waals surface area contributed by atoms with Crippen molar-refractivity contribution in [3.05, 3.63) is 81.3 Å². The number of amides is 2. The second-order valence-electron chi connectivity index (χ2n) is 10.1. The van der Waals surface area contributed by atoms with Gasteiger partial charge in [-0.1, -0.05) is 40.2 Å². The number of carboxylic acids is 1. The van der Waals surface area contributed by atoms with Crippen molar-refractivity contribution >= 4 is 63.2 Å². The molecule has 1 fully saturated rings. The molecule has 3 aromatic rings. The Morgan fingerprint density at radius 2 is 1.74 bits per heavy atom. The number of ether oxygens (including phenoxy) is 1. The van der Waals surface area contributed by atoms with Gasteiger partial charge in [-0.25, -0.2) is 9.80 Å². The van der Waals surface area contributed by atoms with Crippen LogP contribution in [0.2, 0.25) is 0 Å². The summed E-state index contributed by atoms with van der Waals surface area (Å²) in [7, 11) is 1.41. The van der Waals surface area contributed by atoms with E-state index in [0.29, 0.717) is 22.3 Å². The lowest BCUT2D eigenvalue weighted by Gasteiger charge is -2.35. The second kappa shape index (κ2) is 14.9. The van der Waals surface area contributed by atoms with Crippen molar-refractivity contribution < 1.29 is 24.2 Å². The van der Waals surface area contributed by atoms with Gasteiger partial charge in [0, 0.05) is 31.0 Å². The van der Waals surface area contributed by atoms with Gasteiger partial charge in [-0.3, -0.25) is 15.0 Å². The minimum atomic E-state index is -1.11. The number of carboxylic acid groups (broad SMARTS) is 1. The van der Waals surface area contributed by atoms with Crippen LogP contribution in [0.15, 0.2) is 59.1 Å². The van der Waals surface area contributed by atoms with Crippen LogP contribution in [-0.2, 0) is 22.6 Å². The molecule has 9 nitrogen and oxygen atoms in total. The lowest BCUT2D eigenvalue weighted by atomic mass is 10.0. The average Bonchev–Trinajstić information content (AvgIpc) is 2.96. The van der Waals surface area contributed by atoms with E-state index in [-0.39, 0.29) is 42.0 Å².